The highest BCUT2D eigenvalue weighted by Crippen LogP contribution is 2.30. The minimum atomic E-state index is -4.49. The number of amides is 2. The molecular weight excluding hydrogens is 423 g/mol. The van der Waals surface area contributed by atoms with Crippen molar-refractivity contribution in [2.75, 3.05) is 22.5 Å². The summed E-state index contributed by atoms with van der Waals surface area (Å²) in [5, 5.41) is 8.12. The average Bonchev–Trinajstić information content (AvgIpc) is 2.75. The molecule has 0 saturated carbocycles. The number of carbonyl (C=O) groups excluding carboxylic acids is 1. The van der Waals surface area contributed by atoms with Crippen LogP contribution in [-0.4, -0.2) is 22.5 Å². The maximum Gasteiger partial charge on any atom is 0.416 e. The molecule has 0 atom stereocenters. The lowest BCUT2D eigenvalue weighted by Gasteiger charge is -2.11. The quantitative estimate of drug-likeness (QED) is 0.362. The van der Waals surface area contributed by atoms with Gasteiger partial charge in [0.15, 0.2) is 0 Å². The highest BCUT2D eigenvalue weighted by atomic mass is 19.4. The SMILES string of the molecule is CCCCNc1cc(Oc2ccc(NC(=O)Nc3cccc(C(F)(F)F)c3)cc2)ncn1. The highest BCUT2D eigenvalue weighted by molar-refractivity contribution is 5.99. The number of unbranched alkanes of at least 4 members (excludes halogenated alkanes) is 1. The van der Waals surface area contributed by atoms with Crippen molar-refractivity contribution in [1.29, 1.82) is 0 Å². The summed E-state index contributed by atoms with van der Waals surface area (Å²) in [5.41, 5.74) is -0.374. The molecule has 0 aliphatic heterocycles. The zero-order chi connectivity index (χ0) is 23.0. The third-order valence-corrected chi connectivity index (χ3v) is 4.26. The second-order valence-corrected chi connectivity index (χ2v) is 6.81. The highest BCUT2D eigenvalue weighted by Gasteiger charge is 2.30. The van der Waals surface area contributed by atoms with E-state index >= 15 is 0 Å². The lowest BCUT2D eigenvalue weighted by atomic mass is 10.2. The van der Waals surface area contributed by atoms with E-state index in [2.05, 4.69) is 32.8 Å². The van der Waals surface area contributed by atoms with Crippen molar-refractivity contribution in [3.8, 4) is 11.6 Å². The van der Waals surface area contributed by atoms with Crippen LogP contribution in [0.4, 0.5) is 35.2 Å². The summed E-state index contributed by atoms with van der Waals surface area (Å²) in [4.78, 5) is 20.3. The van der Waals surface area contributed by atoms with E-state index in [0.29, 0.717) is 23.1 Å². The maximum absolute atomic E-state index is 12.8. The van der Waals surface area contributed by atoms with Crippen molar-refractivity contribution in [2.24, 2.45) is 0 Å². The molecule has 7 nitrogen and oxygen atoms in total. The first-order chi connectivity index (χ1) is 15.3. The van der Waals surface area contributed by atoms with E-state index in [9.17, 15) is 18.0 Å². The number of urea groups is 1. The first kappa shape index (κ1) is 22.9. The van der Waals surface area contributed by atoms with Gasteiger partial charge in [-0.05, 0) is 48.9 Å². The van der Waals surface area contributed by atoms with Crippen LogP contribution in [0.3, 0.4) is 0 Å². The molecule has 168 valence electrons. The monoisotopic (exact) mass is 445 g/mol. The third-order valence-electron chi connectivity index (χ3n) is 4.26. The van der Waals surface area contributed by atoms with Gasteiger partial charge in [-0.15, -0.1) is 0 Å². The van der Waals surface area contributed by atoms with Gasteiger partial charge in [-0.25, -0.2) is 14.8 Å². The molecule has 0 radical (unpaired) electrons. The largest absolute Gasteiger partial charge is 0.439 e. The summed E-state index contributed by atoms with van der Waals surface area (Å²) in [5.74, 6) is 1.52. The number of benzene rings is 2. The summed E-state index contributed by atoms with van der Waals surface area (Å²) in [7, 11) is 0. The smallest absolute Gasteiger partial charge is 0.416 e. The molecule has 0 aliphatic rings. The lowest BCUT2D eigenvalue weighted by Crippen LogP contribution is -2.19. The topological polar surface area (TPSA) is 88.2 Å². The molecule has 2 amide bonds. The second-order valence-electron chi connectivity index (χ2n) is 6.81. The Hall–Kier alpha value is -3.82. The number of nitrogens with one attached hydrogen (secondary N) is 3. The van der Waals surface area contributed by atoms with E-state index in [4.69, 9.17) is 4.74 Å². The Morgan fingerprint density at radius 3 is 2.47 bits per heavy atom. The van der Waals surface area contributed by atoms with Crippen LogP contribution in [-0.2, 0) is 6.18 Å². The van der Waals surface area contributed by atoms with E-state index < -0.39 is 17.8 Å². The molecule has 1 heterocycles. The van der Waals surface area contributed by atoms with Crippen molar-refractivity contribution in [1.82, 2.24) is 9.97 Å². The first-order valence-electron chi connectivity index (χ1n) is 9.92. The zero-order valence-corrected chi connectivity index (χ0v) is 17.2. The fourth-order valence-electron chi connectivity index (χ4n) is 2.68. The first-order valence-corrected chi connectivity index (χ1v) is 9.92. The molecule has 10 heteroatoms. The van der Waals surface area contributed by atoms with Crippen LogP contribution in [0, 0.1) is 0 Å². The van der Waals surface area contributed by atoms with Gasteiger partial charge in [0.1, 0.15) is 17.9 Å². The molecule has 0 aliphatic carbocycles. The Kier molecular flexibility index (Phi) is 7.48. The Bertz CT molecular complexity index is 1040. The van der Waals surface area contributed by atoms with Crippen LogP contribution in [0.1, 0.15) is 25.3 Å². The van der Waals surface area contributed by atoms with Gasteiger partial charge in [-0.1, -0.05) is 19.4 Å². The van der Waals surface area contributed by atoms with E-state index in [1.54, 1.807) is 30.3 Å². The Morgan fingerprint density at radius 2 is 1.75 bits per heavy atom. The fraction of sp³-hybridized carbons (Fsp3) is 0.227. The molecule has 0 saturated heterocycles. The Morgan fingerprint density at radius 1 is 1.00 bits per heavy atom. The summed E-state index contributed by atoms with van der Waals surface area (Å²) < 4.78 is 44.1. The molecule has 1 aromatic heterocycles. The Labute approximate surface area is 183 Å². The van der Waals surface area contributed by atoms with Crippen molar-refractivity contribution in [3.63, 3.8) is 0 Å². The standard InChI is InChI=1S/C22H22F3N5O2/c1-2-3-11-26-19-13-20(28-14-27-19)32-18-9-7-16(8-10-18)29-21(31)30-17-6-4-5-15(12-17)22(23,24)25/h4-10,12-14H,2-3,11H2,1H3,(H,26,27,28)(H2,29,30,31). The molecule has 32 heavy (non-hydrogen) atoms. The predicted octanol–water partition coefficient (Wildman–Crippen LogP) is 6.14. The van der Waals surface area contributed by atoms with Gasteiger partial charge in [0, 0.05) is 24.0 Å². The van der Waals surface area contributed by atoms with Gasteiger partial charge in [-0.3, -0.25) is 0 Å². The number of hydrogen-bond acceptors (Lipinski definition) is 5. The number of alkyl halides is 3. The molecule has 0 unspecified atom stereocenters. The van der Waals surface area contributed by atoms with Crippen molar-refractivity contribution >= 4 is 23.2 Å². The fourth-order valence-corrected chi connectivity index (χ4v) is 2.68. The van der Waals surface area contributed by atoms with Crippen LogP contribution in [0.5, 0.6) is 11.6 Å². The van der Waals surface area contributed by atoms with Crippen molar-refractivity contribution < 1.29 is 22.7 Å². The second kappa shape index (κ2) is 10.5. The minimum Gasteiger partial charge on any atom is -0.439 e. The van der Waals surface area contributed by atoms with E-state index in [-0.39, 0.29) is 5.69 Å². The van der Waals surface area contributed by atoms with Gasteiger partial charge in [0.2, 0.25) is 5.88 Å². The maximum atomic E-state index is 12.8. The molecule has 0 bridgehead atoms. The summed E-state index contributed by atoms with van der Waals surface area (Å²) >= 11 is 0. The number of anilines is 3. The zero-order valence-electron chi connectivity index (χ0n) is 17.2. The van der Waals surface area contributed by atoms with Crippen LogP contribution >= 0.6 is 0 Å². The van der Waals surface area contributed by atoms with Crippen LogP contribution in [0.25, 0.3) is 0 Å². The van der Waals surface area contributed by atoms with Crippen LogP contribution < -0.4 is 20.7 Å². The predicted molar refractivity (Wildman–Crippen MR) is 116 cm³/mol. The third kappa shape index (κ3) is 6.86. The van der Waals surface area contributed by atoms with Gasteiger partial charge in [0.05, 0.1) is 5.56 Å². The molecule has 0 spiro atoms. The van der Waals surface area contributed by atoms with Gasteiger partial charge in [0.25, 0.3) is 0 Å². The van der Waals surface area contributed by atoms with Crippen molar-refractivity contribution in [3.05, 3.63) is 66.5 Å². The minimum absolute atomic E-state index is 0.0318. The summed E-state index contributed by atoms with van der Waals surface area (Å²) in [6.07, 6.45) is -0.993. The number of halogens is 3. The van der Waals surface area contributed by atoms with Crippen molar-refractivity contribution in [2.45, 2.75) is 25.9 Å². The normalized spacial score (nSPS) is 11.0. The molecule has 3 rings (SSSR count). The molecule has 3 N–H and O–H groups in total. The summed E-state index contributed by atoms with van der Waals surface area (Å²) in [6, 6.07) is 11.9. The molecule has 0 fully saturated rings. The van der Waals surface area contributed by atoms with Gasteiger partial charge in [-0.2, -0.15) is 13.2 Å². The number of rotatable bonds is 8. The van der Waals surface area contributed by atoms with Gasteiger partial charge >= 0.3 is 12.2 Å². The van der Waals surface area contributed by atoms with Crippen LogP contribution in [0.2, 0.25) is 0 Å². The number of carbonyl (C=O) groups is 1. The van der Waals surface area contributed by atoms with Gasteiger partial charge < -0.3 is 20.7 Å². The van der Waals surface area contributed by atoms with Crippen LogP contribution in [0.15, 0.2) is 60.9 Å². The lowest BCUT2D eigenvalue weighted by molar-refractivity contribution is -0.137. The van der Waals surface area contributed by atoms with E-state index in [1.165, 1.54) is 18.5 Å². The van der Waals surface area contributed by atoms with E-state index in [0.717, 1.165) is 31.5 Å². The Balaban J connectivity index is 1.56. The average molecular weight is 445 g/mol. The van der Waals surface area contributed by atoms with E-state index in [1.807, 2.05) is 0 Å². The summed E-state index contributed by atoms with van der Waals surface area (Å²) in [6.45, 7) is 2.90. The number of nitrogens with zero attached hydrogens (tertiary/aromatic N) is 2. The molecule has 3 aromatic rings. The number of aromatic nitrogens is 2. The number of hydrogen-bond donors (Lipinski definition) is 3. The number of ether oxygens (including phenoxy) is 1. The molecule has 2 aromatic carbocycles. The molecular formula is C22H22F3N5O2.